The van der Waals surface area contributed by atoms with Gasteiger partial charge in [-0.1, -0.05) is 90.4 Å². The SMILES string of the molecule is CCCCCCCCCCCCCCCCc1ccc[nH+]c1N.[Cl-]. The minimum Gasteiger partial charge on any atom is -1.00 e. The smallest absolute Gasteiger partial charge is 0.273 e. The number of nitrogen functional groups attached to an aromatic ring is 1. The van der Waals surface area contributed by atoms with Gasteiger partial charge >= 0.3 is 0 Å². The van der Waals surface area contributed by atoms with Gasteiger partial charge in [0.15, 0.2) is 0 Å². The molecule has 3 N–H and O–H groups in total. The first-order chi connectivity index (χ1) is 11.3. The van der Waals surface area contributed by atoms with Gasteiger partial charge in [0, 0.05) is 5.56 Å². The fourth-order valence-corrected chi connectivity index (χ4v) is 3.21. The van der Waals surface area contributed by atoms with Crippen molar-refractivity contribution in [2.45, 2.75) is 103 Å². The standard InChI is InChI=1S/C21H38N2.ClH/c1-2-3-4-5-6-7-8-9-10-11-12-13-14-15-17-20-18-16-19-23-21(20)22;/h16,18-19H,2-15,17H2,1H3,(H2,22,23);1H. The van der Waals surface area contributed by atoms with E-state index >= 15 is 0 Å². The molecule has 0 radical (unpaired) electrons. The number of aromatic nitrogens is 1. The molecule has 1 aromatic rings. The van der Waals surface area contributed by atoms with E-state index in [0.717, 1.165) is 12.2 Å². The maximum absolute atomic E-state index is 5.92. The summed E-state index contributed by atoms with van der Waals surface area (Å²) in [6.07, 6.45) is 22.8. The van der Waals surface area contributed by atoms with Gasteiger partial charge in [-0.3, -0.25) is 5.73 Å². The van der Waals surface area contributed by atoms with Crippen LogP contribution in [-0.4, -0.2) is 0 Å². The number of hydrogen-bond donors (Lipinski definition) is 1. The number of unbranched alkanes of at least 4 members (excludes halogenated alkanes) is 13. The summed E-state index contributed by atoms with van der Waals surface area (Å²) in [6, 6.07) is 4.17. The predicted octanol–water partition coefficient (Wildman–Crippen LogP) is 3.11. The Morgan fingerprint density at radius 3 is 1.67 bits per heavy atom. The van der Waals surface area contributed by atoms with Crippen LogP contribution in [0, 0.1) is 0 Å². The molecule has 0 aromatic carbocycles. The average Bonchev–Trinajstić information content (AvgIpc) is 2.57. The van der Waals surface area contributed by atoms with Gasteiger partial charge in [-0.2, -0.15) is 0 Å². The van der Waals surface area contributed by atoms with E-state index in [9.17, 15) is 0 Å². The van der Waals surface area contributed by atoms with E-state index in [1.54, 1.807) is 0 Å². The minimum atomic E-state index is 0. The van der Waals surface area contributed by atoms with Gasteiger partial charge < -0.3 is 12.4 Å². The van der Waals surface area contributed by atoms with Crippen LogP contribution >= 0.6 is 0 Å². The second-order valence-corrected chi connectivity index (χ2v) is 6.96. The summed E-state index contributed by atoms with van der Waals surface area (Å²) >= 11 is 0. The molecule has 0 spiro atoms. The summed E-state index contributed by atoms with van der Waals surface area (Å²) in [5, 5.41) is 0. The van der Waals surface area contributed by atoms with Crippen LogP contribution in [0.15, 0.2) is 18.3 Å². The molecule has 0 aliphatic carbocycles. The Kier molecular flexibility index (Phi) is 16.5. The third-order valence-corrected chi connectivity index (χ3v) is 4.78. The lowest BCUT2D eigenvalue weighted by atomic mass is 10.0. The van der Waals surface area contributed by atoms with Crippen LogP contribution in [-0.2, 0) is 6.42 Å². The third kappa shape index (κ3) is 12.6. The largest absolute Gasteiger partial charge is 1.00 e. The molecule has 0 bridgehead atoms. The highest BCUT2D eigenvalue weighted by atomic mass is 35.5. The fourth-order valence-electron chi connectivity index (χ4n) is 3.21. The Balaban J connectivity index is 0.00000529. The van der Waals surface area contributed by atoms with Crippen LogP contribution in [0.2, 0.25) is 0 Å². The van der Waals surface area contributed by atoms with Crippen LogP contribution in [0.1, 0.15) is 102 Å². The van der Waals surface area contributed by atoms with Crippen molar-refractivity contribution in [3.63, 3.8) is 0 Å². The molecule has 2 nitrogen and oxygen atoms in total. The van der Waals surface area contributed by atoms with Crippen molar-refractivity contribution >= 4 is 5.82 Å². The molecular weight excluding hydrogens is 316 g/mol. The predicted molar refractivity (Wildman–Crippen MR) is 101 cm³/mol. The summed E-state index contributed by atoms with van der Waals surface area (Å²) in [5.74, 6) is 0.835. The third-order valence-electron chi connectivity index (χ3n) is 4.78. The van der Waals surface area contributed by atoms with Crippen LogP contribution < -0.4 is 23.1 Å². The van der Waals surface area contributed by atoms with Crippen LogP contribution in [0.4, 0.5) is 5.82 Å². The summed E-state index contributed by atoms with van der Waals surface area (Å²) < 4.78 is 0. The monoisotopic (exact) mass is 354 g/mol. The van der Waals surface area contributed by atoms with Crippen molar-refractivity contribution in [3.8, 4) is 0 Å². The lowest BCUT2D eigenvalue weighted by molar-refractivity contribution is -0.361. The molecule has 0 fully saturated rings. The molecule has 0 amide bonds. The van der Waals surface area contributed by atoms with Crippen LogP contribution in [0.25, 0.3) is 0 Å². The van der Waals surface area contributed by atoms with E-state index < -0.39 is 0 Å². The molecular formula is C21H39ClN2. The van der Waals surface area contributed by atoms with E-state index in [4.69, 9.17) is 5.73 Å². The topological polar surface area (TPSA) is 40.2 Å². The number of aromatic amines is 1. The molecule has 1 heterocycles. The molecule has 1 aromatic heterocycles. The fraction of sp³-hybridized carbons (Fsp3) is 0.762. The van der Waals surface area contributed by atoms with Crippen LogP contribution in [0.3, 0.4) is 0 Å². The highest BCUT2D eigenvalue weighted by Gasteiger charge is 2.02. The lowest BCUT2D eigenvalue weighted by Gasteiger charge is -2.03. The van der Waals surface area contributed by atoms with Crippen molar-refractivity contribution in [1.29, 1.82) is 0 Å². The van der Waals surface area contributed by atoms with E-state index in [1.807, 2.05) is 12.3 Å². The quantitative estimate of drug-likeness (QED) is 0.483. The number of halogens is 1. The molecule has 0 aliphatic heterocycles. The zero-order valence-corrected chi connectivity index (χ0v) is 16.5. The maximum atomic E-state index is 5.92. The van der Waals surface area contributed by atoms with Crippen LogP contribution in [0.5, 0.6) is 0 Å². The number of anilines is 1. The Morgan fingerprint density at radius 1 is 0.750 bits per heavy atom. The number of nitrogens with one attached hydrogen (secondary N) is 1. The first-order valence-corrected chi connectivity index (χ1v) is 10.1. The van der Waals surface area contributed by atoms with E-state index in [1.165, 1.54) is 95.5 Å². The number of aryl methyl sites for hydroxylation is 1. The summed E-state index contributed by atoms with van der Waals surface area (Å²) in [4.78, 5) is 3.08. The zero-order valence-electron chi connectivity index (χ0n) is 15.8. The van der Waals surface area contributed by atoms with E-state index in [2.05, 4.69) is 18.0 Å². The number of rotatable bonds is 15. The molecule has 140 valence electrons. The van der Waals surface area contributed by atoms with Crippen molar-refractivity contribution in [3.05, 3.63) is 23.9 Å². The number of nitrogens with two attached hydrogens (primary N) is 1. The zero-order chi connectivity index (χ0) is 16.6. The molecule has 0 saturated carbocycles. The van der Waals surface area contributed by atoms with E-state index in [-0.39, 0.29) is 12.4 Å². The normalized spacial score (nSPS) is 10.5. The summed E-state index contributed by atoms with van der Waals surface area (Å²) in [6.45, 7) is 2.29. The van der Waals surface area contributed by atoms with Gasteiger partial charge in [0.1, 0.15) is 0 Å². The molecule has 0 saturated heterocycles. The number of pyridine rings is 1. The van der Waals surface area contributed by atoms with Gasteiger partial charge in [0.05, 0.1) is 6.20 Å². The Bertz CT molecular complexity index is 382. The number of hydrogen-bond acceptors (Lipinski definition) is 1. The first-order valence-electron chi connectivity index (χ1n) is 10.1. The Morgan fingerprint density at radius 2 is 1.21 bits per heavy atom. The van der Waals surface area contributed by atoms with Crippen molar-refractivity contribution in [2.75, 3.05) is 5.73 Å². The maximum Gasteiger partial charge on any atom is 0.273 e. The highest BCUT2D eigenvalue weighted by Crippen LogP contribution is 2.14. The van der Waals surface area contributed by atoms with Crippen molar-refractivity contribution in [1.82, 2.24) is 0 Å². The minimum absolute atomic E-state index is 0. The van der Waals surface area contributed by atoms with Gasteiger partial charge in [-0.25, -0.2) is 4.98 Å². The lowest BCUT2D eigenvalue weighted by Crippen LogP contribution is -3.00. The summed E-state index contributed by atoms with van der Waals surface area (Å²) in [7, 11) is 0. The molecule has 0 atom stereocenters. The molecule has 3 heteroatoms. The average molecular weight is 355 g/mol. The van der Waals surface area contributed by atoms with Gasteiger partial charge in [-0.05, 0) is 25.0 Å². The molecule has 24 heavy (non-hydrogen) atoms. The molecule has 1 rings (SSSR count). The van der Waals surface area contributed by atoms with Crippen molar-refractivity contribution < 1.29 is 17.4 Å². The second-order valence-electron chi connectivity index (χ2n) is 6.96. The van der Waals surface area contributed by atoms with Gasteiger partial charge in [0.2, 0.25) is 0 Å². The highest BCUT2D eigenvalue weighted by molar-refractivity contribution is 5.32. The van der Waals surface area contributed by atoms with Crippen molar-refractivity contribution in [2.24, 2.45) is 0 Å². The summed E-state index contributed by atoms with van der Waals surface area (Å²) in [5.41, 5.74) is 7.19. The first kappa shape index (κ1) is 23.2. The van der Waals surface area contributed by atoms with E-state index in [0.29, 0.717) is 0 Å². The molecule has 0 aliphatic rings. The van der Waals surface area contributed by atoms with Gasteiger partial charge in [-0.15, -0.1) is 0 Å². The Hall–Kier alpha value is -0.760. The van der Waals surface area contributed by atoms with Gasteiger partial charge in [0.25, 0.3) is 5.82 Å². The molecule has 0 unspecified atom stereocenters. The second kappa shape index (κ2) is 17.1. The number of H-pyrrole nitrogens is 1. The Labute approximate surface area is 156 Å².